The van der Waals surface area contributed by atoms with Gasteiger partial charge in [0.05, 0.1) is 23.5 Å². The number of imidazole rings is 1. The van der Waals surface area contributed by atoms with Gasteiger partial charge in [-0.05, 0) is 51.0 Å². The SMILES string of the molecule is CN1CCC(CNc2nn3c(-c4cccc(C#N)c4)cnc3s2)CC1. The maximum absolute atomic E-state index is 9.09. The largest absolute Gasteiger partial charge is 0.360 e. The number of benzene rings is 1. The van der Waals surface area contributed by atoms with Crippen molar-refractivity contribution < 1.29 is 0 Å². The van der Waals surface area contributed by atoms with Crippen molar-refractivity contribution in [3.8, 4) is 17.3 Å². The van der Waals surface area contributed by atoms with Crippen LogP contribution in [0.2, 0.25) is 0 Å². The Labute approximate surface area is 150 Å². The van der Waals surface area contributed by atoms with Gasteiger partial charge < -0.3 is 10.2 Å². The Morgan fingerprint density at radius 2 is 2.20 bits per heavy atom. The summed E-state index contributed by atoms with van der Waals surface area (Å²) in [6.07, 6.45) is 4.28. The normalized spacial score (nSPS) is 16.2. The van der Waals surface area contributed by atoms with E-state index in [1.807, 2.05) is 28.9 Å². The molecule has 0 radical (unpaired) electrons. The highest BCUT2D eigenvalue weighted by molar-refractivity contribution is 7.20. The molecule has 1 N–H and O–H groups in total. The summed E-state index contributed by atoms with van der Waals surface area (Å²) in [5, 5.41) is 18.1. The van der Waals surface area contributed by atoms with E-state index in [1.165, 1.54) is 25.9 Å². The molecule has 128 valence electrons. The number of piperidine rings is 1. The molecule has 1 aromatic carbocycles. The van der Waals surface area contributed by atoms with Crippen LogP contribution in [-0.2, 0) is 0 Å². The molecule has 0 bridgehead atoms. The Morgan fingerprint density at radius 1 is 1.36 bits per heavy atom. The van der Waals surface area contributed by atoms with Gasteiger partial charge in [-0.25, -0.2) is 9.50 Å². The Kier molecular flexibility index (Phi) is 4.38. The second-order valence-corrected chi connectivity index (χ2v) is 7.52. The zero-order valence-electron chi connectivity index (χ0n) is 14.1. The number of aromatic nitrogens is 3. The molecule has 0 atom stereocenters. The second-order valence-electron chi connectivity index (χ2n) is 6.57. The topological polar surface area (TPSA) is 69.2 Å². The van der Waals surface area contributed by atoms with Gasteiger partial charge in [0, 0.05) is 12.1 Å². The number of nitrogens with zero attached hydrogens (tertiary/aromatic N) is 5. The van der Waals surface area contributed by atoms with Crippen molar-refractivity contribution in [1.29, 1.82) is 5.26 Å². The number of fused-ring (bicyclic) bond motifs is 1. The van der Waals surface area contributed by atoms with Crippen LogP contribution in [-0.4, -0.2) is 46.2 Å². The predicted molar refractivity (Wildman–Crippen MR) is 99.7 cm³/mol. The van der Waals surface area contributed by atoms with E-state index in [1.54, 1.807) is 17.4 Å². The summed E-state index contributed by atoms with van der Waals surface area (Å²) in [5.74, 6) is 0.708. The lowest BCUT2D eigenvalue weighted by atomic mass is 9.97. The molecule has 0 aliphatic carbocycles. The second kappa shape index (κ2) is 6.82. The third-order valence-electron chi connectivity index (χ3n) is 4.75. The fraction of sp³-hybridized carbons (Fsp3) is 0.389. The number of hydrogen-bond acceptors (Lipinski definition) is 6. The van der Waals surface area contributed by atoms with Gasteiger partial charge >= 0.3 is 0 Å². The third kappa shape index (κ3) is 3.36. The summed E-state index contributed by atoms with van der Waals surface area (Å²) >= 11 is 1.57. The Hall–Kier alpha value is -2.43. The molecule has 6 nitrogen and oxygen atoms in total. The van der Waals surface area contributed by atoms with E-state index in [0.29, 0.717) is 11.5 Å². The standard InChI is InChI=1S/C18H20N6S/c1-23-7-5-13(6-8-23)11-20-17-22-24-16(12-21-18(24)25-17)15-4-2-3-14(9-15)10-19/h2-4,9,12-13H,5-8,11H2,1H3,(H,20,22). The maximum Gasteiger partial charge on any atom is 0.214 e. The first kappa shape index (κ1) is 16.1. The van der Waals surface area contributed by atoms with Crippen LogP contribution in [0.5, 0.6) is 0 Å². The molecule has 3 aromatic rings. The quantitative estimate of drug-likeness (QED) is 0.781. The molecule has 3 heterocycles. The number of nitriles is 1. The third-order valence-corrected chi connectivity index (χ3v) is 5.63. The van der Waals surface area contributed by atoms with Crippen molar-refractivity contribution in [2.24, 2.45) is 5.92 Å². The average molecular weight is 352 g/mol. The monoisotopic (exact) mass is 352 g/mol. The van der Waals surface area contributed by atoms with Crippen LogP contribution in [0, 0.1) is 17.2 Å². The summed E-state index contributed by atoms with van der Waals surface area (Å²) in [5.41, 5.74) is 2.51. The lowest BCUT2D eigenvalue weighted by Crippen LogP contribution is -2.32. The Bertz CT molecular complexity index is 913. The van der Waals surface area contributed by atoms with Crippen molar-refractivity contribution >= 4 is 21.4 Å². The number of anilines is 1. The van der Waals surface area contributed by atoms with E-state index < -0.39 is 0 Å². The molecule has 1 aliphatic rings. The average Bonchev–Trinajstić information content (AvgIpc) is 3.21. The molecule has 25 heavy (non-hydrogen) atoms. The molecule has 0 spiro atoms. The lowest BCUT2D eigenvalue weighted by molar-refractivity contribution is 0.226. The summed E-state index contributed by atoms with van der Waals surface area (Å²) < 4.78 is 1.86. The van der Waals surface area contributed by atoms with Gasteiger partial charge in [-0.3, -0.25) is 0 Å². The smallest absolute Gasteiger partial charge is 0.214 e. The zero-order chi connectivity index (χ0) is 17.2. The van der Waals surface area contributed by atoms with Crippen LogP contribution in [0.1, 0.15) is 18.4 Å². The van der Waals surface area contributed by atoms with Crippen LogP contribution in [0.25, 0.3) is 16.2 Å². The molecular weight excluding hydrogens is 332 g/mol. The van der Waals surface area contributed by atoms with Gasteiger partial charge in [0.15, 0.2) is 0 Å². The highest BCUT2D eigenvalue weighted by atomic mass is 32.1. The predicted octanol–water partition coefficient (Wildman–Crippen LogP) is 3.08. The van der Waals surface area contributed by atoms with Crippen molar-refractivity contribution in [2.75, 3.05) is 32.0 Å². The minimum atomic E-state index is 0.642. The first-order valence-electron chi connectivity index (χ1n) is 8.50. The fourth-order valence-corrected chi connectivity index (χ4v) is 3.99. The molecule has 2 aromatic heterocycles. The Balaban J connectivity index is 1.51. The van der Waals surface area contributed by atoms with E-state index in [9.17, 15) is 0 Å². The van der Waals surface area contributed by atoms with Crippen LogP contribution in [0.3, 0.4) is 0 Å². The molecule has 1 saturated heterocycles. The number of nitrogens with one attached hydrogen (secondary N) is 1. The van der Waals surface area contributed by atoms with E-state index in [0.717, 1.165) is 27.9 Å². The first-order valence-corrected chi connectivity index (χ1v) is 9.32. The zero-order valence-corrected chi connectivity index (χ0v) is 15.0. The van der Waals surface area contributed by atoms with Crippen molar-refractivity contribution in [3.63, 3.8) is 0 Å². The molecule has 1 fully saturated rings. The maximum atomic E-state index is 9.09. The van der Waals surface area contributed by atoms with Crippen molar-refractivity contribution in [3.05, 3.63) is 36.0 Å². The van der Waals surface area contributed by atoms with Gasteiger partial charge in [0.2, 0.25) is 10.1 Å². The van der Waals surface area contributed by atoms with Gasteiger partial charge in [-0.1, -0.05) is 23.5 Å². The summed E-state index contributed by atoms with van der Waals surface area (Å²) in [6, 6.07) is 9.72. The molecule has 4 rings (SSSR count). The summed E-state index contributed by atoms with van der Waals surface area (Å²) in [4.78, 5) is 7.71. The van der Waals surface area contributed by atoms with Crippen LogP contribution < -0.4 is 5.32 Å². The van der Waals surface area contributed by atoms with E-state index >= 15 is 0 Å². The molecule has 0 amide bonds. The lowest BCUT2D eigenvalue weighted by Gasteiger charge is -2.28. The van der Waals surface area contributed by atoms with Gasteiger partial charge in [-0.2, -0.15) is 5.26 Å². The van der Waals surface area contributed by atoms with Crippen LogP contribution in [0.15, 0.2) is 30.5 Å². The highest BCUT2D eigenvalue weighted by Crippen LogP contribution is 2.27. The molecule has 7 heteroatoms. The van der Waals surface area contributed by atoms with Gasteiger partial charge in [-0.15, -0.1) is 5.10 Å². The van der Waals surface area contributed by atoms with E-state index in [4.69, 9.17) is 5.26 Å². The minimum absolute atomic E-state index is 0.642. The van der Waals surface area contributed by atoms with Gasteiger partial charge in [0.1, 0.15) is 0 Å². The van der Waals surface area contributed by atoms with Crippen molar-refractivity contribution in [1.82, 2.24) is 19.5 Å². The molecular formula is C18H20N6S. The van der Waals surface area contributed by atoms with Crippen LogP contribution in [0.4, 0.5) is 5.13 Å². The highest BCUT2D eigenvalue weighted by Gasteiger charge is 2.17. The van der Waals surface area contributed by atoms with Crippen LogP contribution >= 0.6 is 11.3 Å². The number of rotatable bonds is 4. The summed E-state index contributed by atoms with van der Waals surface area (Å²) in [7, 11) is 2.18. The van der Waals surface area contributed by atoms with Gasteiger partial charge in [0.25, 0.3) is 0 Å². The Morgan fingerprint density at radius 3 is 3.00 bits per heavy atom. The molecule has 0 saturated carbocycles. The fourth-order valence-electron chi connectivity index (χ4n) is 3.21. The number of hydrogen-bond donors (Lipinski definition) is 1. The summed E-state index contributed by atoms with van der Waals surface area (Å²) in [6.45, 7) is 3.31. The van der Waals surface area contributed by atoms with Crippen molar-refractivity contribution in [2.45, 2.75) is 12.8 Å². The van der Waals surface area contributed by atoms with E-state index in [-0.39, 0.29) is 0 Å². The number of likely N-dealkylation sites (tertiary alicyclic amines) is 1. The first-order chi connectivity index (χ1) is 12.2. The molecule has 0 unspecified atom stereocenters. The minimum Gasteiger partial charge on any atom is -0.360 e. The van der Waals surface area contributed by atoms with E-state index in [2.05, 4.69) is 33.4 Å². The molecule has 1 aliphatic heterocycles.